The van der Waals surface area contributed by atoms with Crippen molar-refractivity contribution in [3.63, 3.8) is 0 Å². The van der Waals surface area contributed by atoms with Gasteiger partial charge in [-0.05, 0) is 48.9 Å². The number of nitrogens with zero attached hydrogens (tertiary/aromatic N) is 1. The lowest BCUT2D eigenvalue weighted by atomic mass is 10.0. The Morgan fingerprint density at radius 3 is 2.34 bits per heavy atom. The Hall–Kier alpha value is -2.47. The summed E-state index contributed by atoms with van der Waals surface area (Å²) in [6, 6.07) is 9.79. The molecule has 29 heavy (non-hydrogen) atoms. The number of esters is 1. The number of carbonyl (C=O) groups is 2. The Balaban J connectivity index is 2.15. The van der Waals surface area contributed by atoms with E-state index in [9.17, 15) is 9.59 Å². The molecule has 150 valence electrons. The SMILES string of the molecule is COC(=O)C1=C(C)N(c2ccc(OC)c(Cl)c2)C(=O)/C1=C\c1ccc(Cl)cc1Cl. The van der Waals surface area contributed by atoms with Gasteiger partial charge in [-0.15, -0.1) is 0 Å². The van der Waals surface area contributed by atoms with E-state index in [0.29, 0.717) is 37.8 Å². The lowest BCUT2D eigenvalue weighted by Crippen LogP contribution is -2.24. The zero-order chi connectivity index (χ0) is 21.3. The van der Waals surface area contributed by atoms with Gasteiger partial charge in [0.15, 0.2) is 0 Å². The van der Waals surface area contributed by atoms with Crippen molar-refractivity contribution in [2.24, 2.45) is 0 Å². The number of hydrogen-bond acceptors (Lipinski definition) is 4. The summed E-state index contributed by atoms with van der Waals surface area (Å²) in [5.74, 6) is -0.565. The predicted molar refractivity (Wildman–Crippen MR) is 115 cm³/mol. The van der Waals surface area contributed by atoms with Gasteiger partial charge in [-0.1, -0.05) is 40.9 Å². The number of ether oxygens (including phenoxy) is 2. The second-order valence-corrected chi connectivity index (χ2v) is 7.39. The van der Waals surface area contributed by atoms with Crippen molar-refractivity contribution in [2.75, 3.05) is 19.1 Å². The van der Waals surface area contributed by atoms with E-state index in [-0.39, 0.29) is 11.1 Å². The van der Waals surface area contributed by atoms with Crippen molar-refractivity contribution in [1.29, 1.82) is 0 Å². The normalized spacial score (nSPS) is 15.3. The van der Waals surface area contributed by atoms with Crippen LogP contribution >= 0.6 is 34.8 Å². The second kappa shape index (κ2) is 8.49. The molecule has 8 heteroatoms. The minimum atomic E-state index is -0.630. The van der Waals surface area contributed by atoms with Gasteiger partial charge in [-0.25, -0.2) is 4.79 Å². The van der Waals surface area contributed by atoms with Gasteiger partial charge < -0.3 is 9.47 Å². The maximum absolute atomic E-state index is 13.3. The number of rotatable bonds is 4. The molecule has 1 aliphatic heterocycles. The Morgan fingerprint density at radius 1 is 1.03 bits per heavy atom. The fraction of sp³-hybridized carbons (Fsp3) is 0.143. The largest absolute Gasteiger partial charge is 0.495 e. The third-order valence-electron chi connectivity index (χ3n) is 4.45. The molecular weight excluding hydrogens is 437 g/mol. The molecule has 0 aromatic heterocycles. The Labute approximate surface area is 183 Å². The van der Waals surface area contributed by atoms with Gasteiger partial charge in [0.25, 0.3) is 5.91 Å². The Kier molecular flexibility index (Phi) is 6.22. The number of anilines is 1. The summed E-state index contributed by atoms with van der Waals surface area (Å²) < 4.78 is 10.1. The van der Waals surface area contributed by atoms with Crippen molar-refractivity contribution in [3.8, 4) is 5.75 Å². The van der Waals surface area contributed by atoms with Gasteiger partial charge in [0.05, 0.1) is 36.1 Å². The molecule has 0 fully saturated rings. The van der Waals surface area contributed by atoms with Crippen LogP contribution in [0.3, 0.4) is 0 Å². The van der Waals surface area contributed by atoms with Crippen LogP contribution in [0.1, 0.15) is 12.5 Å². The topological polar surface area (TPSA) is 55.8 Å². The van der Waals surface area contributed by atoms with Crippen LogP contribution in [-0.2, 0) is 14.3 Å². The van der Waals surface area contributed by atoms with Crippen LogP contribution in [0.5, 0.6) is 5.75 Å². The lowest BCUT2D eigenvalue weighted by molar-refractivity contribution is -0.136. The molecule has 0 aliphatic carbocycles. The van der Waals surface area contributed by atoms with Crippen LogP contribution in [0, 0.1) is 0 Å². The number of amides is 1. The smallest absolute Gasteiger partial charge is 0.340 e. The first-order valence-electron chi connectivity index (χ1n) is 8.42. The summed E-state index contributed by atoms with van der Waals surface area (Å²) in [7, 11) is 2.76. The van der Waals surface area contributed by atoms with Gasteiger partial charge in [0.1, 0.15) is 5.75 Å². The minimum Gasteiger partial charge on any atom is -0.495 e. The highest BCUT2D eigenvalue weighted by Crippen LogP contribution is 2.38. The molecule has 0 N–H and O–H groups in total. The molecule has 1 amide bonds. The lowest BCUT2D eigenvalue weighted by Gasteiger charge is -2.19. The summed E-state index contributed by atoms with van der Waals surface area (Å²) in [6.45, 7) is 1.66. The molecule has 0 radical (unpaired) electrons. The molecule has 1 heterocycles. The van der Waals surface area contributed by atoms with Gasteiger partial charge >= 0.3 is 5.97 Å². The van der Waals surface area contributed by atoms with Crippen molar-refractivity contribution < 1.29 is 19.1 Å². The zero-order valence-electron chi connectivity index (χ0n) is 15.8. The third kappa shape index (κ3) is 3.99. The van der Waals surface area contributed by atoms with E-state index < -0.39 is 11.9 Å². The van der Waals surface area contributed by atoms with Crippen LogP contribution in [-0.4, -0.2) is 26.1 Å². The monoisotopic (exact) mass is 451 g/mol. The van der Waals surface area contributed by atoms with Crippen molar-refractivity contribution >= 4 is 58.4 Å². The Bertz CT molecular complexity index is 1080. The molecule has 0 saturated heterocycles. The summed E-state index contributed by atoms with van der Waals surface area (Å²) >= 11 is 18.4. The number of methoxy groups -OCH3 is 2. The van der Waals surface area contributed by atoms with E-state index in [4.69, 9.17) is 44.3 Å². The molecule has 0 unspecified atom stereocenters. The highest BCUT2D eigenvalue weighted by molar-refractivity contribution is 6.36. The molecule has 2 aromatic rings. The summed E-state index contributed by atoms with van der Waals surface area (Å²) in [6.07, 6.45) is 1.54. The maximum Gasteiger partial charge on any atom is 0.340 e. The minimum absolute atomic E-state index is 0.149. The van der Waals surface area contributed by atoms with Gasteiger partial charge in [-0.2, -0.15) is 0 Å². The van der Waals surface area contributed by atoms with Crippen LogP contribution < -0.4 is 9.64 Å². The number of benzene rings is 2. The molecule has 0 bridgehead atoms. The average molecular weight is 453 g/mol. The number of halogens is 3. The standard InChI is InChI=1S/C21H16Cl3NO4/c1-11-19(21(27)29-3)15(8-12-4-5-13(22)9-16(12)23)20(26)25(11)14-6-7-18(28-2)17(24)10-14/h4-10H,1-3H3/b15-8-. The van der Waals surface area contributed by atoms with E-state index in [1.165, 1.54) is 19.1 Å². The first-order chi connectivity index (χ1) is 13.8. The van der Waals surface area contributed by atoms with Crippen LogP contribution in [0.2, 0.25) is 15.1 Å². The van der Waals surface area contributed by atoms with Crippen LogP contribution in [0.15, 0.2) is 53.2 Å². The zero-order valence-corrected chi connectivity index (χ0v) is 18.0. The molecule has 0 atom stereocenters. The summed E-state index contributed by atoms with van der Waals surface area (Å²) in [5, 5.41) is 1.15. The first kappa shape index (κ1) is 21.2. The highest BCUT2D eigenvalue weighted by Gasteiger charge is 2.38. The predicted octanol–water partition coefficient (Wildman–Crippen LogP) is 5.53. The fourth-order valence-corrected chi connectivity index (χ4v) is 3.77. The quantitative estimate of drug-likeness (QED) is 0.452. The van der Waals surface area contributed by atoms with Crippen molar-refractivity contribution in [3.05, 3.63) is 73.9 Å². The first-order valence-corrected chi connectivity index (χ1v) is 9.56. The second-order valence-electron chi connectivity index (χ2n) is 6.14. The van der Waals surface area contributed by atoms with E-state index in [1.54, 1.807) is 49.4 Å². The van der Waals surface area contributed by atoms with Gasteiger partial charge in [-0.3, -0.25) is 9.69 Å². The number of hydrogen-bond donors (Lipinski definition) is 0. The van der Waals surface area contributed by atoms with Crippen molar-refractivity contribution in [1.82, 2.24) is 0 Å². The summed E-state index contributed by atoms with van der Waals surface area (Å²) in [4.78, 5) is 27.1. The van der Waals surface area contributed by atoms with Gasteiger partial charge in [0, 0.05) is 15.7 Å². The summed E-state index contributed by atoms with van der Waals surface area (Å²) in [5.41, 5.74) is 1.76. The fourth-order valence-electron chi connectivity index (χ4n) is 3.06. The van der Waals surface area contributed by atoms with Crippen molar-refractivity contribution in [2.45, 2.75) is 6.92 Å². The molecule has 0 saturated carbocycles. The molecule has 0 spiro atoms. The van der Waals surface area contributed by atoms with Crippen LogP contribution in [0.25, 0.3) is 6.08 Å². The van der Waals surface area contributed by atoms with E-state index >= 15 is 0 Å². The third-order valence-corrected chi connectivity index (χ3v) is 5.30. The maximum atomic E-state index is 13.3. The van der Waals surface area contributed by atoms with Crippen LogP contribution in [0.4, 0.5) is 5.69 Å². The number of carbonyl (C=O) groups excluding carboxylic acids is 2. The Morgan fingerprint density at radius 2 is 1.76 bits per heavy atom. The molecule has 5 nitrogen and oxygen atoms in total. The highest BCUT2D eigenvalue weighted by atomic mass is 35.5. The van der Waals surface area contributed by atoms with E-state index in [0.717, 1.165) is 0 Å². The van der Waals surface area contributed by atoms with E-state index in [1.807, 2.05) is 0 Å². The number of allylic oxidation sites excluding steroid dienone is 1. The van der Waals surface area contributed by atoms with E-state index in [2.05, 4.69) is 0 Å². The average Bonchev–Trinajstić information content (AvgIpc) is 2.93. The molecule has 3 rings (SSSR count). The molecule has 2 aromatic carbocycles. The molecular formula is C21H16Cl3NO4. The van der Waals surface area contributed by atoms with Gasteiger partial charge in [0.2, 0.25) is 0 Å². The molecule has 1 aliphatic rings.